The van der Waals surface area contributed by atoms with Crippen LogP contribution in [-0.2, 0) is 4.79 Å². The summed E-state index contributed by atoms with van der Waals surface area (Å²) in [6, 6.07) is 5.60. The van der Waals surface area contributed by atoms with Gasteiger partial charge in [-0.3, -0.25) is 4.79 Å². The molecule has 2 N–H and O–H groups in total. The highest BCUT2D eigenvalue weighted by Gasteiger charge is 2.29. The van der Waals surface area contributed by atoms with Gasteiger partial charge in [0.25, 0.3) is 0 Å². The fraction of sp³-hybridized carbons (Fsp3) is 0.273. The van der Waals surface area contributed by atoms with Gasteiger partial charge in [0.05, 0.1) is 31.3 Å². The van der Waals surface area contributed by atoms with Crippen LogP contribution >= 0.6 is 0 Å². The number of nitrogens with two attached hydrogens (primary N) is 1. The molecule has 1 aliphatic heterocycles. The number of carbonyl (C=O) groups is 1. The van der Waals surface area contributed by atoms with Crippen LogP contribution in [-0.4, -0.2) is 57.9 Å². The lowest BCUT2D eigenvalue weighted by atomic mass is 10.1. The number of rotatable bonds is 6. The number of carbonyl (C=O) groups excluding carboxylic acids is 1. The van der Waals surface area contributed by atoms with Crippen molar-refractivity contribution in [3.63, 3.8) is 0 Å². The third-order valence-corrected chi connectivity index (χ3v) is 5.35. The number of hydrogen-bond acceptors (Lipinski definition) is 7. The number of methoxy groups -OCH3 is 2. The van der Waals surface area contributed by atoms with E-state index in [0.29, 0.717) is 47.1 Å². The van der Waals surface area contributed by atoms with Crippen molar-refractivity contribution in [1.29, 1.82) is 0 Å². The van der Waals surface area contributed by atoms with E-state index in [1.165, 1.54) is 12.4 Å². The number of amides is 1. The lowest BCUT2D eigenvalue weighted by Crippen LogP contribution is -2.27. The van der Waals surface area contributed by atoms with Gasteiger partial charge in [0.2, 0.25) is 5.91 Å². The molecule has 0 bridgehead atoms. The highest BCUT2D eigenvalue weighted by atomic mass is 16.5. The van der Waals surface area contributed by atoms with Crippen molar-refractivity contribution in [2.24, 2.45) is 0 Å². The molecule has 1 fully saturated rings. The molecule has 1 amide bonds. The molecule has 1 aliphatic rings. The lowest BCUT2D eigenvalue weighted by molar-refractivity contribution is -0.125. The minimum Gasteiger partial charge on any atom is -0.497 e. The Bertz CT molecular complexity index is 1150. The SMILES string of the molecule is C=CC(=O)N1CCC(n2nc(/C=C/c3cc(OC)cc(OC)c3)c3c(N)ncnc32)C1. The molecule has 1 aromatic carbocycles. The van der Waals surface area contributed by atoms with Crippen LogP contribution in [0.4, 0.5) is 5.82 Å². The Balaban J connectivity index is 1.72. The molecule has 1 saturated heterocycles. The van der Waals surface area contributed by atoms with Crippen LogP contribution in [0.2, 0.25) is 0 Å². The molecular formula is C22H24N6O3. The topological polar surface area (TPSA) is 108 Å². The summed E-state index contributed by atoms with van der Waals surface area (Å²) in [4.78, 5) is 22.3. The van der Waals surface area contributed by atoms with Gasteiger partial charge in [-0.25, -0.2) is 14.6 Å². The average molecular weight is 420 g/mol. The fourth-order valence-electron chi connectivity index (χ4n) is 3.77. The van der Waals surface area contributed by atoms with E-state index < -0.39 is 0 Å². The van der Waals surface area contributed by atoms with Gasteiger partial charge in [-0.05, 0) is 36.3 Å². The molecule has 3 aromatic rings. The molecule has 9 nitrogen and oxygen atoms in total. The Kier molecular flexibility index (Phi) is 5.57. The predicted molar refractivity (Wildman–Crippen MR) is 119 cm³/mol. The summed E-state index contributed by atoms with van der Waals surface area (Å²) in [6.07, 6.45) is 7.31. The smallest absolute Gasteiger partial charge is 0.246 e. The molecule has 0 aliphatic carbocycles. The molecule has 0 radical (unpaired) electrons. The third kappa shape index (κ3) is 3.94. The quantitative estimate of drug-likeness (QED) is 0.611. The molecule has 1 atom stereocenters. The molecule has 160 valence electrons. The van der Waals surface area contributed by atoms with Crippen LogP contribution in [0.25, 0.3) is 23.2 Å². The molecule has 9 heteroatoms. The Labute approximate surface area is 179 Å². The van der Waals surface area contributed by atoms with Gasteiger partial charge in [0, 0.05) is 19.2 Å². The Morgan fingerprint density at radius 2 is 1.94 bits per heavy atom. The van der Waals surface area contributed by atoms with E-state index >= 15 is 0 Å². The van der Waals surface area contributed by atoms with Crippen LogP contribution in [0.3, 0.4) is 0 Å². The number of ether oxygens (including phenoxy) is 2. The maximum absolute atomic E-state index is 12.0. The number of fused-ring (bicyclic) bond motifs is 1. The number of likely N-dealkylation sites (tertiary alicyclic amines) is 1. The van der Waals surface area contributed by atoms with E-state index in [0.717, 1.165) is 12.0 Å². The van der Waals surface area contributed by atoms with Crippen LogP contribution < -0.4 is 15.2 Å². The molecule has 0 saturated carbocycles. The summed E-state index contributed by atoms with van der Waals surface area (Å²) in [5, 5.41) is 5.46. The monoisotopic (exact) mass is 420 g/mol. The van der Waals surface area contributed by atoms with E-state index in [2.05, 4.69) is 16.5 Å². The van der Waals surface area contributed by atoms with Crippen molar-refractivity contribution in [3.8, 4) is 11.5 Å². The average Bonchev–Trinajstić information content (AvgIpc) is 3.42. The van der Waals surface area contributed by atoms with Gasteiger partial charge >= 0.3 is 0 Å². The highest BCUT2D eigenvalue weighted by molar-refractivity contribution is 5.94. The lowest BCUT2D eigenvalue weighted by Gasteiger charge is -2.14. The first-order valence-corrected chi connectivity index (χ1v) is 9.85. The predicted octanol–water partition coefficient (Wildman–Crippen LogP) is 2.56. The summed E-state index contributed by atoms with van der Waals surface area (Å²) >= 11 is 0. The zero-order valence-corrected chi connectivity index (χ0v) is 17.5. The Morgan fingerprint density at radius 1 is 1.19 bits per heavy atom. The summed E-state index contributed by atoms with van der Waals surface area (Å²) in [5.41, 5.74) is 8.36. The second-order valence-electron chi connectivity index (χ2n) is 7.20. The van der Waals surface area contributed by atoms with Crippen LogP contribution in [0.15, 0.2) is 37.2 Å². The first-order chi connectivity index (χ1) is 15.0. The molecule has 2 aromatic heterocycles. The summed E-state index contributed by atoms with van der Waals surface area (Å²) in [6.45, 7) is 4.76. The second kappa shape index (κ2) is 8.47. The van der Waals surface area contributed by atoms with Crippen LogP contribution in [0, 0.1) is 0 Å². The highest BCUT2D eigenvalue weighted by Crippen LogP contribution is 2.30. The van der Waals surface area contributed by atoms with E-state index in [4.69, 9.17) is 20.3 Å². The second-order valence-corrected chi connectivity index (χ2v) is 7.20. The zero-order valence-electron chi connectivity index (χ0n) is 17.5. The maximum atomic E-state index is 12.0. The van der Waals surface area contributed by atoms with Crippen molar-refractivity contribution in [1.82, 2.24) is 24.6 Å². The molecule has 1 unspecified atom stereocenters. The minimum absolute atomic E-state index is 0.000219. The van der Waals surface area contributed by atoms with E-state index in [9.17, 15) is 4.79 Å². The largest absolute Gasteiger partial charge is 0.497 e. The Morgan fingerprint density at radius 3 is 2.61 bits per heavy atom. The summed E-state index contributed by atoms with van der Waals surface area (Å²) in [7, 11) is 3.22. The van der Waals surface area contributed by atoms with Gasteiger partial charge in [-0.15, -0.1) is 0 Å². The van der Waals surface area contributed by atoms with Crippen LogP contribution in [0.5, 0.6) is 11.5 Å². The number of nitrogens with zero attached hydrogens (tertiary/aromatic N) is 5. The van der Waals surface area contributed by atoms with E-state index in [1.54, 1.807) is 19.1 Å². The number of hydrogen-bond donors (Lipinski definition) is 1. The van der Waals surface area contributed by atoms with Crippen molar-refractivity contribution in [2.75, 3.05) is 33.0 Å². The zero-order chi connectivity index (χ0) is 22.0. The number of anilines is 1. The van der Waals surface area contributed by atoms with E-state index in [1.807, 2.05) is 35.0 Å². The molecular weight excluding hydrogens is 396 g/mol. The minimum atomic E-state index is -0.0832. The van der Waals surface area contributed by atoms with Gasteiger partial charge in [-0.2, -0.15) is 5.10 Å². The Hall–Kier alpha value is -3.88. The fourth-order valence-corrected chi connectivity index (χ4v) is 3.77. The first-order valence-electron chi connectivity index (χ1n) is 9.85. The van der Waals surface area contributed by atoms with Gasteiger partial charge in [-0.1, -0.05) is 12.7 Å². The number of aromatic nitrogens is 4. The summed E-state index contributed by atoms with van der Waals surface area (Å²) < 4.78 is 12.5. The first kappa shape index (κ1) is 20.4. The van der Waals surface area contributed by atoms with Crippen LogP contribution in [0.1, 0.15) is 23.7 Å². The van der Waals surface area contributed by atoms with E-state index in [-0.39, 0.29) is 11.9 Å². The molecule has 31 heavy (non-hydrogen) atoms. The van der Waals surface area contributed by atoms with Gasteiger partial charge in [0.15, 0.2) is 5.65 Å². The van der Waals surface area contributed by atoms with Crippen molar-refractivity contribution >= 4 is 34.9 Å². The number of nitrogen functional groups attached to an aromatic ring is 1. The van der Waals surface area contributed by atoms with Crippen molar-refractivity contribution < 1.29 is 14.3 Å². The third-order valence-electron chi connectivity index (χ3n) is 5.35. The normalized spacial score (nSPS) is 16.2. The number of benzene rings is 1. The van der Waals surface area contributed by atoms with Gasteiger partial charge in [0.1, 0.15) is 23.6 Å². The molecule has 3 heterocycles. The maximum Gasteiger partial charge on any atom is 0.246 e. The van der Waals surface area contributed by atoms with Crippen molar-refractivity contribution in [3.05, 3.63) is 48.4 Å². The summed E-state index contributed by atoms with van der Waals surface area (Å²) in [5.74, 6) is 1.65. The van der Waals surface area contributed by atoms with Gasteiger partial charge < -0.3 is 20.1 Å². The molecule has 0 spiro atoms. The van der Waals surface area contributed by atoms with Crippen molar-refractivity contribution in [2.45, 2.75) is 12.5 Å². The molecule has 4 rings (SSSR count). The standard InChI is InChI=1S/C22H24N6O3/c1-4-19(29)27-8-7-15(12-27)28-22-20(21(23)24-13-25-22)18(26-28)6-5-14-9-16(30-2)11-17(10-14)31-3/h4-6,9-11,13,15H,1,7-8,12H2,2-3H3,(H2,23,24,25)/b6-5+.